The van der Waals surface area contributed by atoms with Crippen LogP contribution in [0, 0.1) is 6.92 Å². The molecule has 39 heavy (non-hydrogen) atoms. The van der Waals surface area contributed by atoms with Crippen LogP contribution >= 0.6 is 0 Å². The van der Waals surface area contributed by atoms with Crippen LogP contribution in [0.15, 0.2) is 69.9 Å². The molecule has 8 heteroatoms. The fraction of sp³-hybridized carbons (Fsp3) is 0.290. The number of ether oxygens (including phenoxy) is 3. The second-order valence-electron chi connectivity index (χ2n) is 9.80. The molecule has 1 aromatic heterocycles. The summed E-state index contributed by atoms with van der Waals surface area (Å²) in [5, 5.41) is 3.41. The average Bonchev–Trinajstić information content (AvgIpc) is 2.95. The molecule has 1 unspecified atom stereocenters. The molecular weight excluding hydrogens is 496 g/mol. The predicted molar refractivity (Wildman–Crippen MR) is 151 cm³/mol. The molecule has 1 amide bonds. The number of fused-ring (bicyclic) bond motifs is 1. The predicted octanol–water partition coefficient (Wildman–Crippen LogP) is 5.51. The molecule has 1 saturated heterocycles. The van der Waals surface area contributed by atoms with Crippen molar-refractivity contribution >= 4 is 22.6 Å². The number of amides is 1. The number of piperidine rings is 1. The van der Waals surface area contributed by atoms with E-state index >= 15 is 0 Å². The van der Waals surface area contributed by atoms with Crippen LogP contribution in [0.25, 0.3) is 22.1 Å². The lowest BCUT2D eigenvalue weighted by molar-refractivity contribution is 0.102. The lowest BCUT2D eigenvalue weighted by Crippen LogP contribution is -2.38. The number of nitrogens with zero attached hydrogens (tertiary/aromatic N) is 1. The second-order valence-corrected chi connectivity index (χ2v) is 9.80. The third-order valence-electron chi connectivity index (χ3n) is 7.07. The van der Waals surface area contributed by atoms with Gasteiger partial charge in [-0.15, -0.1) is 0 Å². The Labute approximate surface area is 227 Å². The summed E-state index contributed by atoms with van der Waals surface area (Å²) >= 11 is 0. The first-order valence-corrected chi connectivity index (χ1v) is 12.9. The molecule has 2 heterocycles. The molecule has 1 fully saturated rings. The van der Waals surface area contributed by atoms with Crippen LogP contribution in [-0.4, -0.2) is 51.3 Å². The molecule has 0 aliphatic carbocycles. The van der Waals surface area contributed by atoms with Crippen molar-refractivity contribution in [2.75, 3.05) is 39.7 Å². The highest BCUT2D eigenvalue weighted by molar-refractivity contribution is 6.05. The summed E-state index contributed by atoms with van der Waals surface area (Å²) in [4.78, 5) is 28.3. The van der Waals surface area contributed by atoms with Crippen LogP contribution in [0.2, 0.25) is 0 Å². The van der Waals surface area contributed by atoms with E-state index in [2.05, 4.69) is 17.3 Å². The Kier molecular flexibility index (Phi) is 7.56. The highest BCUT2D eigenvalue weighted by Crippen LogP contribution is 2.33. The van der Waals surface area contributed by atoms with Crippen LogP contribution in [-0.2, 0) is 0 Å². The fourth-order valence-electron chi connectivity index (χ4n) is 4.98. The van der Waals surface area contributed by atoms with Crippen molar-refractivity contribution in [2.45, 2.75) is 25.9 Å². The van der Waals surface area contributed by atoms with E-state index in [0.29, 0.717) is 33.8 Å². The van der Waals surface area contributed by atoms with Crippen LogP contribution in [0.3, 0.4) is 0 Å². The number of hydrogen-bond acceptors (Lipinski definition) is 7. The molecule has 0 bridgehead atoms. The zero-order chi connectivity index (χ0) is 27.5. The minimum atomic E-state index is -0.630. The maximum Gasteiger partial charge on any atom is 0.360 e. The molecule has 4 aromatic rings. The summed E-state index contributed by atoms with van der Waals surface area (Å²) in [6, 6.07) is 18.0. The molecule has 202 valence electrons. The van der Waals surface area contributed by atoms with Gasteiger partial charge in [0.25, 0.3) is 5.91 Å². The molecule has 3 aromatic carbocycles. The Hall–Kier alpha value is -4.30. The molecule has 0 radical (unpaired) electrons. The number of anilines is 1. The number of likely N-dealkylation sites (N-methyl/N-ethyl adjacent to an activating group) is 1. The summed E-state index contributed by atoms with van der Waals surface area (Å²) in [7, 11) is 5.26. The summed E-state index contributed by atoms with van der Waals surface area (Å²) < 4.78 is 22.8. The topological polar surface area (TPSA) is 90.2 Å². The first kappa shape index (κ1) is 26.3. The maximum absolute atomic E-state index is 13.2. The maximum atomic E-state index is 13.2. The quantitative estimate of drug-likeness (QED) is 0.316. The smallest absolute Gasteiger partial charge is 0.360 e. The van der Waals surface area contributed by atoms with Gasteiger partial charge in [-0.25, -0.2) is 4.79 Å². The fourth-order valence-corrected chi connectivity index (χ4v) is 4.98. The Morgan fingerprint density at radius 3 is 2.62 bits per heavy atom. The van der Waals surface area contributed by atoms with E-state index in [1.54, 1.807) is 38.5 Å². The lowest BCUT2D eigenvalue weighted by Gasteiger charge is -2.30. The number of nitrogens with one attached hydrogen (secondary N) is 1. The molecule has 1 atom stereocenters. The van der Waals surface area contributed by atoms with Crippen molar-refractivity contribution < 1.29 is 23.4 Å². The number of benzene rings is 3. The lowest BCUT2D eigenvalue weighted by atomic mass is 10.0. The summed E-state index contributed by atoms with van der Waals surface area (Å²) in [5.74, 6) is 1.56. The first-order chi connectivity index (χ1) is 18.9. The van der Waals surface area contributed by atoms with Gasteiger partial charge in [-0.2, -0.15) is 0 Å². The van der Waals surface area contributed by atoms with Gasteiger partial charge in [-0.3, -0.25) is 4.79 Å². The Morgan fingerprint density at radius 1 is 1.03 bits per heavy atom. The molecule has 1 aliphatic heterocycles. The molecule has 1 aliphatic rings. The van der Waals surface area contributed by atoms with Crippen molar-refractivity contribution in [3.63, 3.8) is 0 Å². The standard InChI is InChI=1S/C31H32N2O6/c1-19-27(38-24-9-6-14-33(2)18-24)12-10-21-17-26(31(35)39-29(19)21)32-30(34)22-11-13-28(37-4)25(16-22)20-7-5-8-23(15-20)36-3/h5,7-8,10-13,15-17,24H,6,9,14,18H2,1-4H3,(H,32,34). The SMILES string of the molecule is COc1cccc(-c2cc(C(=O)Nc3cc4ccc(OC5CCCN(C)C5)c(C)c4oc3=O)ccc2OC)c1. The van der Waals surface area contributed by atoms with Crippen LogP contribution < -0.4 is 25.2 Å². The number of hydrogen-bond donors (Lipinski definition) is 1. The molecule has 1 N–H and O–H groups in total. The van der Waals surface area contributed by atoms with Crippen molar-refractivity contribution in [1.29, 1.82) is 0 Å². The summed E-state index contributed by atoms with van der Waals surface area (Å²) in [6.07, 6.45) is 2.17. The van der Waals surface area contributed by atoms with E-state index in [1.165, 1.54) is 0 Å². The molecular formula is C31H32N2O6. The van der Waals surface area contributed by atoms with E-state index < -0.39 is 11.5 Å². The number of methoxy groups -OCH3 is 2. The monoisotopic (exact) mass is 528 g/mol. The number of carbonyl (C=O) groups excluding carboxylic acids is 1. The van der Waals surface area contributed by atoms with Crippen molar-refractivity contribution in [3.05, 3.63) is 82.2 Å². The number of likely N-dealkylation sites (tertiary alicyclic amines) is 1. The largest absolute Gasteiger partial charge is 0.497 e. The van der Waals surface area contributed by atoms with Gasteiger partial charge in [-0.05, 0) is 87.5 Å². The Bertz CT molecular complexity index is 1580. The Balaban J connectivity index is 1.40. The second kappa shape index (κ2) is 11.2. The summed E-state index contributed by atoms with van der Waals surface area (Å²) in [6.45, 7) is 3.80. The number of rotatable bonds is 7. The van der Waals surface area contributed by atoms with E-state index in [-0.39, 0.29) is 11.8 Å². The minimum absolute atomic E-state index is 0.0632. The first-order valence-electron chi connectivity index (χ1n) is 12.9. The minimum Gasteiger partial charge on any atom is -0.497 e. The molecule has 0 saturated carbocycles. The van der Waals surface area contributed by atoms with Crippen molar-refractivity contribution in [3.8, 4) is 28.4 Å². The highest BCUT2D eigenvalue weighted by atomic mass is 16.5. The normalized spacial score (nSPS) is 15.6. The van der Waals surface area contributed by atoms with E-state index in [9.17, 15) is 9.59 Å². The summed E-state index contributed by atoms with van der Waals surface area (Å²) in [5.41, 5.74) is 2.56. The molecule has 8 nitrogen and oxygen atoms in total. The van der Waals surface area contributed by atoms with Gasteiger partial charge in [-0.1, -0.05) is 12.1 Å². The zero-order valence-corrected chi connectivity index (χ0v) is 22.6. The molecule has 0 spiro atoms. The third-order valence-corrected chi connectivity index (χ3v) is 7.07. The van der Waals surface area contributed by atoms with E-state index in [4.69, 9.17) is 18.6 Å². The van der Waals surface area contributed by atoms with E-state index in [1.807, 2.05) is 43.3 Å². The highest BCUT2D eigenvalue weighted by Gasteiger charge is 2.21. The van der Waals surface area contributed by atoms with Gasteiger partial charge < -0.3 is 28.8 Å². The van der Waals surface area contributed by atoms with Crippen LogP contribution in [0.4, 0.5) is 5.69 Å². The third kappa shape index (κ3) is 5.61. The van der Waals surface area contributed by atoms with Crippen LogP contribution in [0.5, 0.6) is 17.2 Å². The number of aryl methyl sites for hydroxylation is 1. The van der Waals surface area contributed by atoms with Gasteiger partial charge >= 0.3 is 5.63 Å². The van der Waals surface area contributed by atoms with Crippen molar-refractivity contribution in [2.24, 2.45) is 0 Å². The van der Waals surface area contributed by atoms with Gasteiger partial charge in [0.2, 0.25) is 0 Å². The Morgan fingerprint density at radius 2 is 1.85 bits per heavy atom. The van der Waals surface area contributed by atoms with E-state index in [0.717, 1.165) is 42.6 Å². The van der Waals surface area contributed by atoms with Crippen LogP contribution in [0.1, 0.15) is 28.8 Å². The van der Waals surface area contributed by atoms with Gasteiger partial charge in [0, 0.05) is 28.6 Å². The molecule has 5 rings (SSSR count). The zero-order valence-electron chi connectivity index (χ0n) is 22.6. The van der Waals surface area contributed by atoms with Gasteiger partial charge in [0.15, 0.2) is 0 Å². The van der Waals surface area contributed by atoms with Crippen molar-refractivity contribution in [1.82, 2.24) is 4.90 Å². The average molecular weight is 529 g/mol. The number of carbonyl (C=O) groups is 1. The van der Waals surface area contributed by atoms with Gasteiger partial charge in [0.1, 0.15) is 34.6 Å². The van der Waals surface area contributed by atoms with Gasteiger partial charge in [0.05, 0.1) is 14.2 Å².